The summed E-state index contributed by atoms with van der Waals surface area (Å²) in [7, 11) is -11.0. The number of carbonyl (C=O) groups excluding carboxylic acids is 3. The number of hydrogen-bond donors (Lipinski definition) is 3. The van der Waals surface area contributed by atoms with Gasteiger partial charge in [-0.3, -0.25) is 29.3 Å². The van der Waals surface area contributed by atoms with Crippen LogP contribution in [0.5, 0.6) is 0 Å². The number of alkyl halides is 6. The maximum atomic E-state index is 13.4. The maximum Gasteiger partial charge on any atom is 0.277 e. The summed E-state index contributed by atoms with van der Waals surface area (Å²) in [5.41, 5.74) is 5.88. The summed E-state index contributed by atoms with van der Waals surface area (Å²) < 4.78 is 190. The predicted molar refractivity (Wildman–Crippen MR) is 374 cm³/mol. The van der Waals surface area contributed by atoms with E-state index >= 15 is 0 Å². The normalized spacial score (nSPS) is 20.0. The zero-order valence-corrected chi connectivity index (χ0v) is 59.7. The number of benzene rings is 3. The lowest BCUT2D eigenvalue weighted by Crippen LogP contribution is -2.22. The smallest absolute Gasteiger partial charge is 0.277 e. The highest BCUT2D eigenvalue weighted by atomic mass is 32.2. The number of nitrogens with zero attached hydrogens (tertiary/aromatic N) is 6. The van der Waals surface area contributed by atoms with Gasteiger partial charge in [0.25, 0.3) is 19.3 Å². The molecule has 3 saturated heterocycles. The molecule has 6 aromatic rings. The molecule has 3 N–H and O–H groups in total. The summed E-state index contributed by atoms with van der Waals surface area (Å²) in [5.74, 6) is 0.283. The fourth-order valence-corrected chi connectivity index (χ4v) is 15.4. The van der Waals surface area contributed by atoms with Gasteiger partial charge in [-0.1, -0.05) is 18.2 Å². The molecule has 3 aliphatic carbocycles. The number of ether oxygens (including phenoxy) is 6. The van der Waals surface area contributed by atoms with Gasteiger partial charge in [-0.05, 0) is 110 Å². The number of halogens is 6. The summed E-state index contributed by atoms with van der Waals surface area (Å²) in [5, 5.41) is 9.22. The Labute approximate surface area is 601 Å². The first-order valence-electron chi connectivity index (χ1n) is 34.2. The lowest BCUT2D eigenvalue weighted by atomic mass is 10.1. The molecule has 3 aromatic carbocycles. The van der Waals surface area contributed by atoms with Gasteiger partial charge in [0.15, 0.2) is 29.5 Å². The number of nitrogens with one attached hydrogen (secondary N) is 3. The van der Waals surface area contributed by atoms with Crippen LogP contribution in [-0.4, -0.2) is 172 Å². The third-order valence-corrected chi connectivity index (χ3v) is 22.1. The van der Waals surface area contributed by atoms with E-state index in [4.69, 9.17) is 28.4 Å². The van der Waals surface area contributed by atoms with Crippen LogP contribution < -0.4 is 16.0 Å². The first-order valence-corrected chi connectivity index (χ1v) is 39.9. The summed E-state index contributed by atoms with van der Waals surface area (Å²) in [6.07, 6.45) is -1.05. The molecule has 105 heavy (non-hydrogen) atoms. The van der Waals surface area contributed by atoms with Crippen LogP contribution in [0.4, 0.5) is 77.5 Å². The van der Waals surface area contributed by atoms with E-state index in [1.54, 1.807) is 54.6 Å². The summed E-state index contributed by atoms with van der Waals surface area (Å²) in [4.78, 5) is 62.7. The van der Waals surface area contributed by atoms with Crippen LogP contribution >= 0.6 is 0 Å². The minimum Gasteiger partial charge on any atom is -0.376 e. The van der Waals surface area contributed by atoms with Gasteiger partial charge >= 0.3 is 0 Å². The van der Waals surface area contributed by atoms with E-state index in [0.29, 0.717) is 127 Å². The van der Waals surface area contributed by atoms with Gasteiger partial charge in [0.2, 0.25) is 0 Å². The van der Waals surface area contributed by atoms with Crippen molar-refractivity contribution in [2.45, 2.75) is 129 Å². The molecule has 0 amide bonds. The van der Waals surface area contributed by atoms with Crippen molar-refractivity contribution >= 4 is 115 Å². The average molecular weight is 1520 g/mol. The fraction of sp³-hybridized carbons (Fsp3) is 0.458. The third kappa shape index (κ3) is 18.4. The number of ketones is 3. The van der Waals surface area contributed by atoms with E-state index in [-0.39, 0.29) is 158 Å². The van der Waals surface area contributed by atoms with Crippen molar-refractivity contribution in [3.05, 3.63) is 124 Å². The number of aromatic nitrogens is 3. The Balaban J connectivity index is 0.000000140. The van der Waals surface area contributed by atoms with Gasteiger partial charge in [0, 0.05) is 75.0 Å². The fourth-order valence-electron chi connectivity index (χ4n) is 12.8. The van der Waals surface area contributed by atoms with Gasteiger partial charge < -0.3 is 44.4 Å². The van der Waals surface area contributed by atoms with Gasteiger partial charge in [0.1, 0.15) is 52.7 Å². The van der Waals surface area contributed by atoms with Crippen molar-refractivity contribution in [3.8, 4) is 0 Å². The van der Waals surface area contributed by atoms with Crippen LogP contribution in [0.1, 0.15) is 108 Å². The monoisotopic (exact) mass is 1520 g/mol. The standard InChI is InChI=1S/3C24H25F2N3O5S/c3*1-35(31,32)22-8-14(21-12-33-6-7-34-21)4-5-16(22)28-17-9-15(10-20(30)13-2-3-13)27-18-11-19(24(25)26)29-23(17)18/h3*4-5,8-9,13,21,24H,2-3,6-7,10-12H2,1H3,(H,27,28)/t2*21-;/m10./s1. The highest BCUT2D eigenvalue weighted by Gasteiger charge is 2.36. The molecule has 6 fully saturated rings. The molecular weight excluding hydrogens is 1440 g/mol. The second-order valence-electron chi connectivity index (χ2n) is 27.1. The Hall–Kier alpha value is -8.28. The minimum absolute atomic E-state index is 0.0291. The van der Waals surface area contributed by atoms with Crippen molar-refractivity contribution < 1.29 is 94.4 Å². The highest BCUT2D eigenvalue weighted by Crippen LogP contribution is 2.45. The zero-order valence-electron chi connectivity index (χ0n) is 57.3. The third-order valence-electron chi connectivity index (χ3n) is 18.7. The summed E-state index contributed by atoms with van der Waals surface area (Å²) in [6.45, 7) is 3.63. The molecule has 3 saturated carbocycles. The Bertz CT molecular complexity index is 4390. The van der Waals surface area contributed by atoms with Gasteiger partial charge in [-0.2, -0.15) is 0 Å². The molecule has 3 atom stereocenters. The van der Waals surface area contributed by atoms with Crippen molar-refractivity contribution in [2.24, 2.45) is 32.7 Å². The molecule has 6 aliphatic heterocycles. The highest BCUT2D eigenvalue weighted by molar-refractivity contribution is 7.91. The number of Topliss-reactive ketones (excluding diaryl/α,β-unsaturated/α-hetero) is 3. The lowest BCUT2D eigenvalue weighted by molar-refractivity contribution is -0.120. The Kier molecular flexibility index (Phi) is 22.3. The van der Waals surface area contributed by atoms with E-state index in [1.807, 2.05) is 0 Å². The second-order valence-corrected chi connectivity index (χ2v) is 33.1. The van der Waals surface area contributed by atoms with E-state index in [9.17, 15) is 66.0 Å². The van der Waals surface area contributed by atoms with Crippen molar-refractivity contribution in [2.75, 3.05) is 94.2 Å². The van der Waals surface area contributed by atoms with Crippen LogP contribution in [-0.2, 0) is 111 Å². The van der Waals surface area contributed by atoms with Crippen LogP contribution in [0.15, 0.2) is 102 Å². The van der Waals surface area contributed by atoms with E-state index in [0.717, 1.165) is 57.3 Å². The topological polar surface area (TPSA) is 321 Å². The van der Waals surface area contributed by atoms with Gasteiger partial charge in [-0.25, -0.2) is 66.6 Å². The molecule has 1 unspecified atom stereocenters. The van der Waals surface area contributed by atoms with E-state index in [2.05, 4.69) is 45.9 Å². The van der Waals surface area contributed by atoms with Crippen LogP contribution in [0.3, 0.4) is 0 Å². The van der Waals surface area contributed by atoms with Crippen molar-refractivity contribution in [3.63, 3.8) is 0 Å². The molecule has 9 heterocycles. The first-order chi connectivity index (χ1) is 50.1. The largest absolute Gasteiger partial charge is 0.376 e. The molecular formula is C72H75F6N9O15S3. The number of anilines is 6. The lowest BCUT2D eigenvalue weighted by Gasteiger charge is -2.24. The molecule has 0 spiro atoms. The SMILES string of the molecule is CS(=O)(=O)c1cc(C2COCCO2)ccc1Nc1cc(CC(=O)C2CC2)nc2c1N=C(C(F)F)C2.CS(=O)(=O)c1cc([C@@H]2COCCO2)ccc1Nc1cc(CC(=O)C2CC2)nc2c1N=C(C(F)F)C2.CS(=O)(=O)c1cc([C@H]2COCCO2)ccc1Nc1cc(CC(=O)C2CC2)nc2c1N=C(C(F)F)C2. The average Bonchev–Trinajstić information content (AvgIpc) is 1.16. The number of aliphatic imine (C=N–C) groups is 3. The zero-order chi connectivity index (χ0) is 74.2. The van der Waals surface area contributed by atoms with E-state index < -0.39 is 48.8 Å². The Morgan fingerprint density at radius 3 is 0.886 bits per heavy atom. The van der Waals surface area contributed by atoms with Crippen LogP contribution in [0.2, 0.25) is 0 Å². The molecule has 9 aliphatic rings. The van der Waals surface area contributed by atoms with E-state index in [1.165, 1.54) is 18.2 Å². The molecule has 0 bridgehead atoms. The number of fused-ring (bicyclic) bond motifs is 3. The minimum atomic E-state index is -3.67. The second kappa shape index (κ2) is 31.3. The van der Waals surface area contributed by atoms with Gasteiger partial charge in [0.05, 0.1) is 160 Å². The molecule has 0 radical (unpaired) electrons. The first kappa shape index (κ1) is 75.0. The Morgan fingerprint density at radius 2 is 0.667 bits per heavy atom. The molecule has 24 nitrogen and oxygen atoms in total. The molecule has 15 rings (SSSR count). The predicted octanol–water partition coefficient (Wildman–Crippen LogP) is 11.2. The number of sulfone groups is 3. The number of hydrogen-bond acceptors (Lipinski definition) is 24. The van der Waals surface area contributed by atoms with Gasteiger partial charge in [-0.15, -0.1) is 0 Å². The quantitative estimate of drug-likeness (QED) is 0.0474. The number of carbonyl (C=O) groups is 3. The van der Waals surface area contributed by atoms with Crippen LogP contribution in [0.25, 0.3) is 0 Å². The molecule has 33 heteroatoms. The number of pyridine rings is 3. The summed E-state index contributed by atoms with van der Waals surface area (Å²) in [6, 6.07) is 19.4. The van der Waals surface area contributed by atoms with Crippen LogP contribution in [0, 0.1) is 17.8 Å². The summed E-state index contributed by atoms with van der Waals surface area (Å²) >= 11 is 0. The molecule has 3 aromatic heterocycles. The number of rotatable bonds is 24. The van der Waals surface area contributed by atoms with Crippen molar-refractivity contribution in [1.29, 1.82) is 0 Å². The molecule has 558 valence electrons. The van der Waals surface area contributed by atoms with Crippen molar-refractivity contribution in [1.82, 2.24) is 15.0 Å². The maximum absolute atomic E-state index is 13.4. The Morgan fingerprint density at radius 1 is 0.400 bits per heavy atom.